The molecule has 0 aliphatic carbocycles. The molecule has 0 atom stereocenters. The first-order valence-electron chi connectivity index (χ1n) is 10.9. The summed E-state index contributed by atoms with van der Waals surface area (Å²) in [5, 5.41) is 0. The van der Waals surface area contributed by atoms with E-state index in [4.69, 9.17) is 0 Å². The second kappa shape index (κ2) is 8.74. The van der Waals surface area contributed by atoms with Crippen LogP contribution in [0.15, 0.2) is 82.5 Å². The third kappa shape index (κ3) is 4.15. The summed E-state index contributed by atoms with van der Waals surface area (Å²) in [6.07, 6.45) is 1.58. The maximum Gasteiger partial charge on any atom is 0.318 e. The van der Waals surface area contributed by atoms with Gasteiger partial charge in [-0.3, -0.25) is 19.0 Å². The molecular weight excluding hydrogens is 418 g/mol. The van der Waals surface area contributed by atoms with E-state index in [1.54, 1.807) is 30.5 Å². The Bertz CT molecular complexity index is 1400. The number of anilines is 1. The fourth-order valence-corrected chi connectivity index (χ4v) is 4.18. The Morgan fingerprint density at radius 1 is 0.879 bits per heavy atom. The predicted molar refractivity (Wildman–Crippen MR) is 127 cm³/mol. The second-order valence-electron chi connectivity index (χ2n) is 8.03. The normalized spacial score (nSPS) is 13.9. The van der Waals surface area contributed by atoms with Gasteiger partial charge >= 0.3 is 11.1 Å². The molecule has 0 radical (unpaired) electrons. The van der Waals surface area contributed by atoms with Gasteiger partial charge in [-0.25, -0.2) is 4.98 Å². The maximum atomic E-state index is 13.0. The van der Waals surface area contributed by atoms with Crippen molar-refractivity contribution in [1.82, 2.24) is 19.4 Å². The molecule has 3 heterocycles. The largest absolute Gasteiger partial charge is 0.368 e. The lowest BCUT2D eigenvalue weighted by Gasteiger charge is -2.36. The summed E-state index contributed by atoms with van der Waals surface area (Å²) in [6, 6.07) is 20.8. The van der Waals surface area contributed by atoms with Crippen LogP contribution >= 0.6 is 0 Å². The SMILES string of the molecule is O=C(c1ccc(Cn2c(=O)c(=O)[nH]c3cccnc32)cc1)N1CCN(c2ccccc2)CC1. The van der Waals surface area contributed by atoms with Crippen molar-refractivity contribution in [2.45, 2.75) is 6.54 Å². The standard InChI is InChI=1S/C25H23N5O3/c31-23-25(33)30(22-21(27-23)7-4-12-26-22)17-18-8-10-19(11-9-18)24(32)29-15-13-28(14-16-29)20-5-2-1-3-6-20/h1-12H,13-17H2,(H,27,31). The molecule has 1 aliphatic heterocycles. The van der Waals surface area contributed by atoms with Gasteiger partial charge in [-0.05, 0) is 42.0 Å². The van der Waals surface area contributed by atoms with E-state index in [1.807, 2.05) is 35.2 Å². The average Bonchev–Trinajstić information content (AvgIpc) is 2.87. The van der Waals surface area contributed by atoms with Gasteiger partial charge in [0.15, 0.2) is 5.65 Å². The number of carbonyl (C=O) groups excluding carboxylic acids is 1. The van der Waals surface area contributed by atoms with Gasteiger partial charge in [0.25, 0.3) is 5.91 Å². The number of para-hydroxylation sites is 1. The minimum Gasteiger partial charge on any atom is -0.368 e. The van der Waals surface area contributed by atoms with Crippen molar-refractivity contribution in [2.75, 3.05) is 31.1 Å². The first kappa shape index (κ1) is 20.7. The minimum absolute atomic E-state index is 0.00491. The highest BCUT2D eigenvalue weighted by Crippen LogP contribution is 2.17. The number of amides is 1. The van der Waals surface area contributed by atoms with E-state index in [2.05, 4.69) is 27.0 Å². The summed E-state index contributed by atoms with van der Waals surface area (Å²) < 4.78 is 1.35. The summed E-state index contributed by atoms with van der Waals surface area (Å²) in [7, 11) is 0. The smallest absolute Gasteiger partial charge is 0.318 e. The number of hydrogen-bond donors (Lipinski definition) is 1. The van der Waals surface area contributed by atoms with Gasteiger partial charge in [0, 0.05) is 43.6 Å². The van der Waals surface area contributed by atoms with Crippen LogP contribution in [0.2, 0.25) is 0 Å². The van der Waals surface area contributed by atoms with E-state index >= 15 is 0 Å². The summed E-state index contributed by atoms with van der Waals surface area (Å²) >= 11 is 0. The first-order chi connectivity index (χ1) is 16.1. The lowest BCUT2D eigenvalue weighted by molar-refractivity contribution is 0.0747. The zero-order chi connectivity index (χ0) is 22.8. The Hall–Kier alpha value is -4.20. The number of nitrogens with one attached hydrogen (secondary N) is 1. The van der Waals surface area contributed by atoms with E-state index in [9.17, 15) is 14.4 Å². The van der Waals surface area contributed by atoms with Crippen molar-refractivity contribution in [3.8, 4) is 0 Å². The van der Waals surface area contributed by atoms with Crippen LogP contribution in [0.5, 0.6) is 0 Å². The summed E-state index contributed by atoms with van der Waals surface area (Å²) in [4.78, 5) is 48.3. The fourth-order valence-electron chi connectivity index (χ4n) is 4.18. The number of nitrogens with zero attached hydrogens (tertiary/aromatic N) is 4. The number of fused-ring (bicyclic) bond motifs is 1. The molecule has 1 aliphatic rings. The number of benzene rings is 2. The molecule has 2 aromatic carbocycles. The molecule has 0 spiro atoms. The van der Waals surface area contributed by atoms with Crippen LogP contribution in [0.1, 0.15) is 15.9 Å². The van der Waals surface area contributed by atoms with Crippen molar-refractivity contribution >= 4 is 22.8 Å². The van der Waals surface area contributed by atoms with Gasteiger partial charge in [0.05, 0.1) is 12.1 Å². The van der Waals surface area contributed by atoms with Crippen molar-refractivity contribution in [3.05, 3.63) is 105 Å². The molecule has 2 aromatic heterocycles. The molecule has 1 saturated heterocycles. The van der Waals surface area contributed by atoms with Gasteiger partial charge in [-0.2, -0.15) is 0 Å². The van der Waals surface area contributed by atoms with Crippen LogP contribution in [-0.2, 0) is 6.54 Å². The Labute approximate surface area is 189 Å². The molecule has 4 aromatic rings. The Morgan fingerprint density at radius 3 is 2.33 bits per heavy atom. The minimum atomic E-state index is -0.683. The highest BCUT2D eigenvalue weighted by atomic mass is 16.2. The highest BCUT2D eigenvalue weighted by Gasteiger charge is 2.22. The second-order valence-corrected chi connectivity index (χ2v) is 8.03. The van der Waals surface area contributed by atoms with Gasteiger partial charge < -0.3 is 14.8 Å². The van der Waals surface area contributed by atoms with Crippen LogP contribution in [0, 0.1) is 0 Å². The number of piperazine rings is 1. The van der Waals surface area contributed by atoms with Crippen molar-refractivity contribution < 1.29 is 4.79 Å². The van der Waals surface area contributed by atoms with Crippen LogP contribution in [0.25, 0.3) is 11.2 Å². The molecule has 8 nitrogen and oxygen atoms in total. The number of rotatable bonds is 4. The third-order valence-electron chi connectivity index (χ3n) is 5.96. The van der Waals surface area contributed by atoms with Gasteiger partial charge in [-0.15, -0.1) is 0 Å². The quantitative estimate of drug-likeness (QED) is 0.490. The summed E-state index contributed by atoms with van der Waals surface area (Å²) in [5.74, 6) is -0.00491. The number of H-pyrrole nitrogens is 1. The monoisotopic (exact) mass is 441 g/mol. The first-order valence-corrected chi connectivity index (χ1v) is 10.9. The number of hydrogen-bond acceptors (Lipinski definition) is 5. The average molecular weight is 441 g/mol. The summed E-state index contributed by atoms with van der Waals surface area (Å²) in [6.45, 7) is 3.10. The molecule has 33 heavy (non-hydrogen) atoms. The Morgan fingerprint density at radius 2 is 1.61 bits per heavy atom. The van der Waals surface area contributed by atoms with E-state index in [0.717, 1.165) is 18.7 Å². The fraction of sp³-hybridized carbons (Fsp3) is 0.200. The molecule has 0 unspecified atom stereocenters. The molecule has 1 amide bonds. The lowest BCUT2D eigenvalue weighted by Crippen LogP contribution is -2.48. The van der Waals surface area contributed by atoms with Crippen molar-refractivity contribution in [1.29, 1.82) is 0 Å². The van der Waals surface area contributed by atoms with Crippen molar-refractivity contribution in [3.63, 3.8) is 0 Å². The van der Waals surface area contributed by atoms with E-state index in [1.165, 1.54) is 10.3 Å². The van der Waals surface area contributed by atoms with Gasteiger partial charge in [0.1, 0.15) is 0 Å². The molecule has 8 heteroatoms. The third-order valence-corrected chi connectivity index (χ3v) is 5.96. The molecule has 0 saturated carbocycles. The van der Waals surface area contributed by atoms with Gasteiger partial charge in [0.2, 0.25) is 0 Å². The van der Waals surface area contributed by atoms with E-state index in [-0.39, 0.29) is 12.5 Å². The molecule has 1 fully saturated rings. The Balaban J connectivity index is 1.29. The van der Waals surface area contributed by atoms with E-state index < -0.39 is 11.1 Å². The molecule has 166 valence electrons. The summed E-state index contributed by atoms with van der Waals surface area (Å²) in [5.41, 5.74) is 2.16. The zero-order valence-electron chi connectivity index (χ0n) is 18.0. The lowest BCUT2D eigenvalue weighted by atomic mass is 10.1. The van der Waals surface area contributed by atoms with Crippen molar-refractivity contribution in [2.24, 2.45) is 0 Å². The number of carbonyl (C=O) groups is 1. The molecule has 1 N–H and O–H groups in total. The number of pyridine rings is 1. The van der Waals surface area contributed by atoms with Crippen LogP contribution < -0.4 is 16.0 Å². The molecular formula is C25H23N5O3. The topological polar surface area (TPSA) is 91.3 Å². The number of aromatic nitrogens is 3. The van der Waals surface area contributed by atoms with Gasteiger partial charge in [-0.1, -0.05) is 30.3 Å². The molecule has 5 rings (SSSR count). The molecule has 0 bridgehead atoms. The van der Waals surface area contributed by atoms with Crippen LogP contribution in [0.3, 0.4) is 0 Å². The Kier molecular flexibility index (Phi) is 5.48. The van der Waals surface area contributed by atoms with Crippen LogP contribution in [0.4, 0.5) is 5.69 Å². The zero-order valence-corrected chi connectivity index (χ0v) is 18.0. The maximum absolute atomic E-state index is 13.0. The van der Waals surface area contributed by atoms with Crippen LogP contribution in [-0.4, -0.2) is 51.5 Å². The van der Waals surface area contributed by atoms with E-state index in [0.29, 0.717) is 29.8 Å². The highest BCUT2D eigenvalue weighted by molar-refractivity contribution is 5.94. The predicted octanol–water partition coefficient (Wildman–Crippen LogP) is 2.10. The number of aromatic amines is 1.